The summed E-state index contributed by atoms with van der Waals surface area (Å²) < 4.78 is 10.9. The van der Waals surface area contributed by atoms with E-state index >= 15 is 0 Å². The van der Waals surface area contributed by atoms with Gasteiger partial charge in [0, 0.05) is 0 Å². The number of ether oxygens (including phenoxy) is 2. The fourth-order valence-corrected chi connectivity index (χ4v) is 3.18. The third-order valence-corrected chi connectivity index (χ3v) is 4.43. The third-order valence-electron chi connectivity index (χ3n) is 4.43. The zero-order valence-corrected chi connectivity index (χ0v) is 12.9. The molecule has 0 radical (unpaired) electrons. The first-order valence-electron chi connectivity index (χ1n) is 8.05. The molecule has 1 saturated carbocycles. The SMILES string of the molecule is C[C@H]1CCC/C=C/[C@@H]2C[C@H](O)C[C@H]2[C@H](O)/C=C/COCO1. The monoisotopic (exact) mass is 296 g/mol. The van der Waals surface area contributed by atoms with Crippen LogP contribution < -0.4 is 0 Å². The molecule has 0 aromatic heterocycles. The molecule has 0 unspecified atom stereocenters. The topological polar surface area (TPSA) is 58.9 Å². The summed E-state index contributed by atoms with van der Waals surface area (Å²) in [7, 11) is 0. The van der Waals surface area contributed by atoms with Crippen LogP contribution in [-0.4, -0.2) is 41.9 Å². The molecule has 120 valence electrons. The smallest absolute Gasteiger partial charge is 0.147 e. The summed E-state index contributed by atoms with van der Waals surface area (Å²) in [5.41, 5.74) is 0. The molecule has 0 amide bonds. The van der Waals surface area contributed by atoms with Crippen molar-refractivity contribution in [3.05, 3.63) is 24.3 Å². The number of aliphatic hydroxyl groups excluding tert-OH is 2. The average Bonchev–Trinajstić information content (AvgIpc) is 2.82. The Labute approximate surface area is 127 Å². The van der Waals surface area contributed by atoms with E-state index in [9.17, 15) is 10.2 Å². The highest BCUT2D eigenvalue weighted by Crippen LogP contribution is 2.36. The molecule has 2 aliphatic rings. The molecular weight excluding hydrogens is 268 g/mol. The van der Waals surface area contributed by atoms with Crippen molar-refractivity contribution < 1.29 is 19.7 Å². The predicted octanol–water partition coefficient (Wildman–Crippen LogP) is 2.41. The van der Waals surface area contributed by atoms with Crippen molar-refractivity contribution in [2.24, 2.45) is 11.8 Å². The second kappa shape index (κ2) is 8.69. The Hall–Kier alpha value is -0.680. The van der Waals surface area contributed by atoms with Crippen molar-refractivity contribution in [1.82, 2.24) is 0 Å². The minimum absolute atomic E-state index is 0.104. The molecule has 2 rings (SSSR count). The maximum atomic E-state index is 10.3. The highest BCUT2D eigenvalue weighted by molar-refractivity contribution is 5.04. The number of hydrogen-bond donors (Lipinski definition) is 2. The van der Waals surface area contributed by atoms with Crippen LogP contribution in [0, 0.1) is 11.8 Å². The lowest BCUT2D eigenvalue weighted by atomic mass is 9.90. The summed E-state index contributed by atoms with van der Waals surface area (Å²) in [6, 6.07) is 0. The minimum atomic E-state index is -0.523. The van der Waals surface area contributed by atoms with Crippen molar-refractivity contribution in [2.75, 3.05) is 13.4 Å². The van der Waals surface area contributed by atoms with Crippen LogP contribution >= 0.6 is 0 Å². The van der Waals surface area contributed by atoms with Crippen LogP contribution in [0.4, 0.5) is 0 Å². The molecule has 21 heavy (non-hydrogen) atoms. The van der Waals surface area contributed by atoms with Gasteiger partial charge in [0.15, 0.2) is 0 Å². The summed E-state index contributed by atoms with van der Waals surface area (Å²) in [5.74, 6) is 0.368. The molecule has 1 aliphatic carbocycles. The first kappa shape index (κ1) is 16.7. The fourth-order valence-electron chi connectivity index (χ4n) is 3.18. The van der Waals surface area contributed by atoms with Gasteiger partial charge < -0.3 is 19.7 Å². The van der Waals surface area contributed by atoms with Gasteiger partial charge in [-0.2, -0.15) is 0 Å². The van der Waals surface area contributed by atoms with E-state index in [-0.39, 0.29) is 24.0 Å². The summed E-state index contributed by atoms with van der Waals surface area (Å²) in [4.78, 5) is 0. The average molecular weight is 296 g/mol. The van der Waals surface area contributed by atoms with E-state index < -0.39 is 6.10 Å². The van der Waals surface area contributed by atoms with E-state index in [1.165, 1.54) is 0 Å². The zero-order chi connectivity index (χ0) is 15.1. The van der Waals surface area contributed by atoms with Crippen molar-refractivity contribution in [2.45, 2.75) is 57.3 Å². The molecule has 1 aliphatic heterocycles. The second-order valence-corrected chi connectivity index (χ2v) is 6.20. The summed E-state index contributed by atoms with van der Waals surface area (Å²) in [6.07, 6.45) is 11.9. The first-order chi connectivity index (χ1) is 10.2. The Morgan fingerprint density at radius 2 is 1.95 bits per heavy atom. The summed E-state index contributed by atoms with van der Waals surface area (Å²) in [6.45, 7) is 2.80. The third kappa shape index (κ3) is 5.55. The molecule has 4 nitrogen and oxygen atoms in total. The number of rotatable bonds is 0. The van der Waals surface area contributed by atoms with Gasteiger partial charge in [-0.1, -0.05) is 24.3 Å². The molecule has 0 aromatic rings. The first-order valence-corrected chi connectivity index (χ1v) is 8.05. The lowest BCUT2D eigenvalue weighted by molar-refractivity contribution is -0.0784. The molecule has 2 N–H and O–H groups in total. The van der Waals surface area contributed by atoms with Crippen molar-refractivity contribution in [3.63, 3.8) is 0 Å². The quantitative estimate of drug-likeness (QED) is 0.674. The van der Waals surface area contributed by atoms with E-state index in [2.05, 4.69) is 19.1 Å². The zero-order valence-electron chi connectivity index (χ0n) is 12.9. The largest absolute Gasteiger partial charge is 0.393 e. The van der Waals surface area contributed by atoms with Crippen LogP contribution in [-0.2, 0) is 9.47 Å². The van der Waals surface area contributed by atoms with Gasteiger partial charge in [0.2, 0.25) is 0 Å². The molecule has 1 fully saturated rings. The van der Waals surface area contributed by atoms with Crippen molar-refractivity contribution >= 4 is 0 Å². The van der Waals surface area contributed by atoms with Gasteiger partial charge in [0.05, 0.1) is 24.9 Å². The van der Waals surface area contributed by atoms with Crippen LogP contribution in [0.25, 0.3) is 0 Å². The lowest BCUT2D eigenvalue weighted by Crippen LogP contribution is -2.21. The summed E-state index contributed by atoms with van der Waals surface area (Å²) >= 11 is 0. The fraction of sp³-hybridized carbons (Fsp3) is 0.765. The maximum absolute atomic E-state index is 10.3. The van der Waals surface area contributed by atoms with Gasteiger partial charge in [-0.15, -0.1) is 0 Å². The molecule has 4 heteroatoms. The Balaban J connectivity index is 1.98. The van der Waals surface area contributed by atoms with Gasteiger partial charge in [0.1, 0.15) is 6.79 Å². The Morgan fingerprint density at radius 3 is 2.81 bits per heavy atom. The molecule has 0 saturated heterocycles. The van der Waals surface area contributed by atoms with E-state index in [4.69, 9.17) is 9.47 Å². The van der Waals surface area contributed by atoms with Crippen molar-refractivity contribution in [3.8, 4) is 0 Å². The number of hydrogen-bond acceptors (Lipinski definition) is 4. The van der Waals surface area contributed by atoms with Gasteiger partial charge >= 0.3 is 0 Å². The van der Waals surface area contributed by atoms with Crippen LogP contribution in [0.3, 0.4) is 0 Å². The molecule has 0 spiro atoms. The highest BCUT2D eigenvalue weighted by Gasteiger charge is 2.35. The number of fused-ring (bicyclic) bond motifs is 1. The minimum Gasteiger partial charge on any atom is -0.393 e. The second-order valence-electron chi connectivity index (χ2n) is 6.20. The van der Waals surface area contributed by atoms with E-state index in [1.807, 2.05) is 6.08 Å². The van der Waals surface area contributed by atoms with Crippen LogP contribution in [0.2, 0.25) is 0 Å². The van der Waals surface area contributed by atoms with Crippen LogP contribution in [0.5, 0.6) is 0 Å². The normalized spacial score (nSPS) is 42.5. The standard InChI is InChI=1S/C17H28O4/c1-13-6-3-2-4-7-14-10-15(18)11-16(14)17(19)8-5-9-20-12-21-13/h4-5,7-8,13-19H,2-3,6,9-12H2,1H3/b7-4+,8-5+/t13-,14+,15-,16+,17+/m0/s1. The molecule has 0 aromatic carbocycles. The highest BCUT2D eigenvalue weighted by atomic mass is 16.7. The Morgan fingerprint density at radius 1 is 1.10 bits per heavy atom. The van der Waals surface area contributed by atoms with E-state index in [1.54, 1.807) is 6.08 Å². The Kier molecular flexibility index (Phi) is 6.90. The Bertz CT molecular complexity index is 353. The van der Waals surface area contributed by atoms with Gasteiger partial charge in [-0.3, -0.25) is 0 Å². The molecule has 1 heterocycles. The lowest BCUT2D eigenvalue weighted by Gasteiger charge is -2.19. The molecule has 5 atom stereocenters. The number of allylic oxidation sites excluding steroid dienone is 2. The van der Waals surface area contributed by atoms with Gasteiger partial charge in [-0.25, -0.2) is 0 Å². The van der Waals surface area contributed by atoms with Crippen LogP contribution in [0.15, 0.2) is 24.3 Å². The molecule has 0 bridgehead atoms. The summed E-state index contributed by atoms with van der Waals surface area (Å²) in [5, 5.41) is 20.2. The number of aliphatic hydroxyl groups is 2. The van der Waals surface area contributed by atoms with Crippen molar-refractivity contribution in [1.29, 1.82) is 0 Å². The van der Waals surface area contributed by atoms with Gasteiger partial charge in [0.25, 0.3) is 0 Å². The maximum Gasteiger partial charge on any atom is 0.147 e. The van der Waals surface area contributed by atoms with Crippen LogP contribution in [0.1, 0.15) is 39.0 Å². The predicted molar refractivity (Wildman–Crippen MR) is 81.7 cm³/mol. The van der Waals surface area contributed by atoms with E-state index in [0.29, 0.717) is 19.8 Å². The van der Waals surface area contributed by atoms with Gasteiger partial charge in [-0.05, 0) is 50.9 Å². The van der Waals surface area contributed by atoms with E-state index in [0.717, 1.165) is 25.7 Å². The molecular formula is C17H28O4.